The second kappa shape index (κ2) is 4.73. The maximum Gasteiger partial charge on any atom is 0.325 e. The monoisotopic (exact) mass is 242 g/mol. The highest BCUT2D eigenvalue weighted by Gasteiger charge is 2.47. The van der Waals surface area contributed by atoms with Gasteiger partial charge in [-0.2, -0.15) is 0 Å². The van der Waals surface area contributed by atoms with Crippen molar-refractivity contribution in [3.63, 3.8) is 0 Å². The highest BCUT2D eigenvalue weighted by molar-refractivity contribution is 6.08. The summed E-state index contributed by atoms with van der Waals surface area (Å²) in [7, 11) is 0. The van der Waals surface area contributed by atoms with Crippen molar-refractivity contribution in [1.82, 2.24) is 10.2 Å². The average Bonchev–Trinajstić information content (AvgIpc) is 2.40. The van der Waals surface area contributed by atoms with Crippen molar-refractivity contribution >= 4 is 17.9 Å². The Kier molecular flexibility index (Phi) is 3.75. The Morgan fingerprint density at radius 2 is 2.06 bits per heavy atom. The quantitative estimate of drug-likeness (QED) is 0.699. The van der Waals surface area contributed by atoms with Crippen LogP contribution in [0.15, 0.2) is 0 Å². The van der Waals surface area contributed by atoms with Gasteiger partial charge in [-0.3, -0.25) is 14.5 Å². The molecular formula is C11H18N2O4. The van der Waals surface area contributed by atoms with Gasteiger partial charge in [0.25, 0.3) is 5.91 Å². The lowest BCUT2D eigenvalue weighted by Crippen LogP contribution is -2.44. The highest BCUT2D eigenvalue weighted by Crippen LogP contribution is 2.24. The van der Waals surface area contributed by atoms with E-state index in [1.165, 1.54) is 0 Å². The summed E-state index contributed by atoms with van der Waals surface area (Å²) in [6.45, 7) is 5.11. The Hall–Kier alpha value is -1.59. The number of rotatable bonds is 5. The summed E-state index contributed by atoms with van der Waals surface area (Å²) in [6, 6.07) is -0.622. The Bertz CT molecular complexity index is 353. The molecule has 0 radical (unpaired) electrons. The molecule has 1 saturated heterocycles. The van der Waals surface area contributed by atoms with Gasteiger partial charge in [0.2, 0.25) is 0 Å². The van der Waals surface area contributed by atoms with Gasteiger partial charge < -0.3 is 10.4 Å². The molecule has 6 nitrogen and oxygen atoms in total. The van der Waals surface area contributed by atoms with Crippen LogP contribution in [0.5, 0.6) is 0 Å². The second-order valence-electron chi connectivity index (χ2n) is 4.98. The zero-order chi connectivity index (χ0) is 13.2. The molecule has 1 aliphatic heterocycles. The average molecular weight is 242 g/mol. The van der Waals surface area contributed by atoms with Crippen molar-refractivity contribution in [2.75, 3.05) is 6.54 Å². The summed E-state index contributed by atoms with van der Waals surface area (Å²) in [5.41, 5.74) is -0.962. The first kappa shape index (κ1) is 13.5. The first-order valence-corrected chi connectivity index (χ1v) is 5.62. The van der Waals surface area contributed by atoms with Crippen LogP contribution in [0.4, 0.5) is 4.79 Å². The summed E-state index contributed by atoms with van der Waals surface area (Å²) in [5, 5.41) is 11.2. The van der Waals surface area contributed by atoms with Gasteiger partial charge in [0.15, 0.2) is 0 Å². The van der Waals surface area contributed by atoms with Crippen molar-refractivity contribution in [1.29, 1.82) is 0 Å². The normalized spacial score (nSPS) is 24.4. The first-order chi connectivity index (χ1) is 7.76. The van der Waals surface area contributed by atoms with Crippen LogP contribution in [0.1, 0.15) is 33.6 Å². The fourth-order valence-corrected chi connectivity index (χ4v) is 1.77. The summed E-state index contributed by atoms with van der Waals surface area (Å²) in [6.07, 6.45) is 1.31. The van der Waals surface area contributed by atoms with E-state index in [4.69, 9.17) is 5.11 Å². The summed E-state index contributed by atoms with van der Waals surface area (Å²) in [5.74, 6) is -1.22. The Labute approximate surface area is 100.0 Å². The van der Waals surface area contributed by atoms with Gasteiger partial charge in [0.05, 0.1) is 0 Å². The van der Waals surface area contributed by atoms with E-state index >= 15 is 0 Å². The first-order valence-electron chi connectivity index (χ1n) is 5.62. The zero-order valence-corrected chi connectivity index (χ0v) is 10.3. The van der Waals surface area contributed by atoms with Crippen molar-refractivity contribution in [3.05, 3.63) is 0 Å². The zero-order valence-electron chi connectivity index (χ0n) is 10.3. The number of amides is 3. The number of hydrogen-bond donors (Lipinski definition) is 2. The number of imide groups is 1. The van der Waals surface area contributed by atoms with Gasteiger partial charge in [0.1, 0.15) is 12.1 Å². The smallest absolute Gasteiger partial charge is 0.325 e. The SMILES string of the molecule is CC(C)CCC1(C)NC(=O)N(CC(=O)O)C1=O. The van der Waals surface area contributed by atoms with E-state index < -0.39 is 30.0 Å². The standard InChI is InChI=1S/C11H18N2O4/c1-7(2)4-5-11(3)9(16)13(6-8(14)15)10(17)12-11/h7H,4-6H2,1-3H3,(H,12,17)(H,14,15). The van der Waals surface area contributed by atoms with Crippen LogP contribution in [-0.4, -0.2) is 40.0 Å². The van der Waals surface area contributed by atoms with Crippen LogP contribution >= 0.6 is 0 Å². The van der Waals surface area contributed by atoms with Gasteiger partial charge in [-0.25, -0.2) is 4.79 Å². The molecule has 1 atom stereocenters. The Morgan fingerprint density at radius 3 is 2.53 bits per heavy atom. The Balaban J connectivity index is 2.75. The fourth-order valence-electron chi connectivity index (χ4n) is 1.77. The van der Waals surface area contributed by atoms with Crippen molar-refractivity contribution in [2.45, 2.75) is 39.2 Å². The third kappa shape index (κ3) is 2.95. The van der Waals surface area contributed by atoms with Gasteiger partial charge >= 0.3 is 12.0 Å². The highest BCUT2D eigenvalue weighted by atomic mass is 16.4. The van der Waals surface area contributed by atoms with E-state index in [0.717, 1.165) is 11.3 Å². The molecule has 0 bridgehead atoms. The number of urea groups is 1. The van der Waals surface area contributed by atoms with E-state index in [-0.39, 0.29) is 0 Å². The summed E-state index contributed by atoms with van der Waals surface area (Å²) in [4.78, 5) is 34.8. The molecule has 1 heterocycles. The lowest BCUT2D eigenvalue weighted by Gasteiger charge is -2.22. The maximum atomic E-state index is 12.0. The minimum Gasteiger partial charge on any atom is -0.480 e. The van der Waals surface area contributed by atoms with Crippen molar-refractivity contribution in [2.24, 2.45) is 5.92 Å². The van der Waals surface area contributed by atoms with Gasteiger partial charge in [-0.15, -0.1) is 0 Å². The molecule has 96 valence electrons. The number of hydrogen-bond acceptors (Lipinski definition) is 3. The molecule has 17 heavy (non-hydrogen) atoms. The molecule has 0 aromatic rings. The fraction of sp³-hybridized carbons (Fsp3) is 0.727. The van der Waals surface area contributed by atoms with Crippen molar-refractivity contribution in [3.8, 4) is 0 Å². The predicted molar refractivity (Wildman–Crippen MR) is 60.4 cm³/mol. The van der Waals surface area contributed by atoms with E-state index in [1.807, 2.05) is 13.8 Å². The molecule has 1 unspecified atom stereocenters. The largest absolute Gasteiger partial charge is 0.480 e. The summed E-state index contributed by atoms with van der Waals surface area (Å²) >= 11 is 0. The van der Waals surface area contributed by atoms with Crippen LogP contribution in [0, 0.1) is 5.92 Å². The van der Waals surface area contributed by atoms with Crippen LogP contribution in [0.2, 0.25) is 0 Å². The van der Waals surface area contributed by atoms with Crippen LogP contribution in [-0.2, 0) is 9.59 Å². The molecule has 1 aliphatic rings. The molecule has 0 spiro atoms. The minimum absolute atomic E-state index is 0.421. The third-order valence-electron chi connectivity index (χ3n) is 2.86. The summed E-state index contributed by atoms with van der Waals surface area (Å²) < 4.78 is 0. The van der Waals surface area contributed by atoms with Gasteiger partial charge in [0, 0.05) is 0 Å². The van der Waals surface area contributed by atoms with Crippen LogP contribution in [0.3, 0.4) is 0 Å². The van der Waals surface area contributed by atoms with E-state index in [2.05, 4.69) is 5.32 Å². The molecule has 2 N–H and O–H groups in total. The number of aliphatic carboxylic acids is 1. The number of nitrogens with one attached hydrogen (secondary N) is 1. The molecule has 0 aromatic heterocycles. The van der Waals surface area contributed by atoms with Crippen LogP contribution in [0.25, 0.3) is 0 Å². The molecule has 0 saturated carbocycles. The molecule has 0 aromatic carbocycles. The van der Waals surface area contributed by atoms with E-state index in [0.29, 0.717) is 12.3 Å². The van der Waals surface area contributed by atoms with Crippen molar-refractivity contribution < 1.29 is 19.5 Å². The van der Waals surface area contributed by atoms with Gasteiger partial charge in [-0.1, -0.05) is 13.8 Å². The number of carbonyl (C=O) groups excluding carboxylic acids is 2. The Morgan fingerprint density at radius 1 is 1.47 bits per heavy atom. The molecule has 3 amide bonds. The second-order valence-corrected chi connectivity index (χ2v) is 4.98. The number of nitrogens with zero attached hydrogens (tertiary/aromatic N) is 1. The minimum atomic E-state index is -1.19. The van der Waals surface area contributed by atoms with Crippen LogP contribution < -0.4 is 5.32 Å². The van der Waals surface area contributed by atoms with E-state index in [9.17, 15) is 14.4 Å². The number of carbonyl (C=O) groups is 3. The molecule has 1 fully saturated rings. The maximum absolute atomic E-state index is 12.0. The van der Waals surface area contributed by atoms with E-state index in [1.54, 1.807) is 6.92 Å². The predicted octanol–water partition coefficient (Wildman–Crippen LogP) is 0.818. The number of carboxylic acid groups (broad SMARTS) is 1. The number of carboxylic acids is 1. The molecular weight excluding hydrogens is 224 g/mol. The van der Waals surface area contributed by atoms with Gasteiger partial charge in [-0.05, 0) is 25.7 Å². The lowest BCUT2D eigenvalue weighted by atomic mass is 9.92. The topological polar surface area (TPSA) is 86.7 Å². The molecule has 6 heteroatoms. The third-order valence-corrected chi connectivity index (χ3v) is 2.86. The lowest BCUT2D eigenvalue weighted by molar-refractivity contribution is -0.142. The molecule has 0 aliphatic carbocycles. The molecule has 1 rings (SSSR count).